The van der Waals surface area contributed by atoms with Gasteiger partial charge in [0.05, 0.1) is 5.25 Å². The van der Waals surface area contributed by atoms with E-state index in [1.54, 1.807) is 6.92 Å². The van der Waals surface area contributed by atoms with Crippen LogP contribution in [-0.2, 0) is 11.1 Å². The normalized spacial score (nSPS) is 16.4. The van der Waals surface area contributed by atoms with E-state index >= 15 is 0 Å². The third kappa shape index (κ3) is 5.25. The largest absolute Gasteiger partial charge is 0.306 e. The topological polar surface area (TPSA) is 37.3 Å². The van der Waals surface area contributed by atoms with Crippen LogP contribution >= 0.6 is 0 Å². The van der Waals surface area contributed by atoms with Crippen LogP contribution in [-0.4, -0.2) is 43.6 Å². The molecule has 0 aromatic carbocycles. The zero-order valence-electron chi connectivity index (χ0n) is 5.55. The molecule has 0 heterocycles. The zero-order chi connectivity index (χ0) is 5.86. The molecule has 0 saturated heterocycles. The third-order valence-electron chi connectivity index (χ3n) is 0.919. The quantitative estimate of drug-likeness (QED) is 0.457. The predicted molar refractivity (Wildman–Crippen MR) is 36.3 cm³/mol. The summed E-state index contributed by atoms with van der Waals surface area (Å²) in [4.78, 5) is 0. The van der Waals surface area contributed by atoms with Crippen molar-refractivity contribution in [3.05, 3.63) is 0 Å². The van der Waals surface area contributed by atoms with Gasteiger partial charge in [0.15, 0.2) is 11.1 Å². The summed E-state index contributed by atoms with van der Waals surface area (Å²) in [5, 5.41) is -0.0694. The van der Waals surface area contributed by atoms with Gasteiger partial charge in [-0.1, -0.05) is 6.92 Å². The molecule has 0 bridgehead atoms. The maximum atomic E-state index is 10.0. The van der Waals surface area contributed by atoms with E-state index in [2.05, 4.69) is 0 Å². The van der Waals surface area contributed by atoms with Gasteiger partial charge in [-0.2, -0.15) is 0 Å². The van der Waals surface area contributed by atoms with Crippen LogP contribution < -0.4 is 0 Å². The maximum absolute atomic E-state index is 10.0. The van der Waals surface area contributed by atoms with E-state index in [4.69, 9.17) is 4.55 Å². The third-order valence-corrected chi connectivity index (χ3v) is 1.94. The van der Waals surface area contributed by atoms with E-state index < -0.39 is 11.1 Å². The molecule has 0 saturated carbocycles. The minimum absolute atomic E-state index is 0. The van der Waals surface area contributed by atoms with Crippen molar-refractivity contribution in [1.82, 2.24) is 0 Å². The molecule has 0 rings (SSSR count). The molecular weight excluding hydrogens is 135 g/mol. The van der Waals surface area contributed by atoms with Crippen LogP contribution in [0.5, 0.6) is 0 Å². The molecule has 0 aliphatic carbocycles. The Hall–Kier alpha value is 1.11. The van der Waals surface area contributed by atoms with E-state index in [0.29, 0.717) is 0 Å². The summed E-state index contributed by atoms with van der Waals surface area (Å²) >= 11 is -1.61. The molecule has 2 atom stereocenters. The summed E-state index contributed by atoms with van der Waals surface area (Å²) in [6, 6.07) is 0. The van der Waals surface area contributed by atoms with Crippen LogP contribution in [0, 0.1) is 0 Å². The molecule has 2 nitrogen and oxygen atoms in total. The Morgan fingerprint density at radius 3 is 2.12 bits per heavy atom. The van der Waals surface area contributed by atoms with Crippen molar-refractivity contribution in [2.24, 2.45) is 0 Å². The number of hydrogen-bond acceptors (Lipinski definition) is 1. The molecule has 0 aromatic heterocycles. The van der Waals surface area contributed by atoms with Crippen molar-refractivity contribution in [1.29, 1.82) is 0 Å². The molecule has 0 spiro atoms. The number of hydrogen-bond donors (Lipinski definition) is 1. The van der Waals surface area contributed by atoms with Crippen molar-refractivity contribution in [3.63, 3.8) is 0 Å². The first-order chi connectivity index (χ1) is 3.18. The summed E-state index contributed by atoms with van der Waals surface area (Å²) in [6.45, 7) is 3.63. The fourth-order valence-electron chi connectivity index (χ4n) is 0.143. The second kappa shape index (κ2) is 6.23. The summed E-state index contributed by atoms with van der Waals surface area (Å²) in [6.07, 6.45) is 0.767. The fraction of sp³-hybridized carbons (Fsp3) is 1.00. The zero-order valence-corrected chi connectivity index (χ0v) is 8.36. The van der Waals surface area contributed by atoms with Crippen molar-refractivity contribution in [2.75, 3.05) is 0 Å². The van der Waals surface area contributed by atoms with E-state index in [1.165, 1.54) is 0 Å². The second-order valence-corrected chi connectivity index (χ2v) is 2.85. The Balaban J connectivity index is 0. The average molecular weight is 145 g/mol. The summed E-state index contributed by atoms with van der Waals surface area (Å²) in [5.74, 6) is 0. The van der Waals surface area contributed by atoms with E-state index in [-0.39, 0.29) is 34.8 Å². The van der Waals surface area contributed by atoms with Crippen LogP contribution in [0.1, 0.15) is 20.3 Å². The van der Waals surface area contributed by atoms with Crippen molar-refractivity contribution in [2.45, 2.75) is 25.5 Å². The standard InChI is InChI=1S/C4H10O2S.Na/c1-3-4(2)7(5)6;/h4H,3H2,1-2H3,(H,5,6);. The molecule has 0 amide bonds. The van der Waals surface area contributed by atoms with Crippen molar-refractivity contribution in [3.8, 4) is 0 Å². The van der Waals surface area contributed by atoms with E-state index in [9.17, 15) is 4.21 Å². The van der Waals surface area contributed by atoms with Gasteiger partial charge in [0.1, 0.15) is 0 Å². The molecule has 0 fully saturated rings. The van der Waals surface area contributed by atoms with Crippen LogP contribution in [0.3, 0.4) is 0 Å². The smallest absolute Gasteiger partial charge is 0.155 e. The Morgan fingerprint density at radius 1 is 1.75 bits per heavy atom. The predicted octanol–water partition coefficient (Wildman–Crippen LogP) is 0.626. The number of rotatable bonds is 2. The van der Waals surface area contributed by atoms with Crippen molar-refractivity contribution < 1.29 is 8.76 Å². The van der Waals surface area contributed by atoms with Crippen molar-refractivity contribution >= 4 is 40.6 Å². The van der Waals surface area contributed by atoms with Gasteiger partial charge in [-0.05, 0) is 13.3 Å². The molecule has 45 valence electrons. The monoisotopic (exact) mass is 145 g/mol. The van der Waals surface area contributed by atoms with Crippen LogP contribution in [0.15, 0.2) is 0 Å². The fourth-order valence-corrected chi connectivity index (χ4v) is 0.428. The van der Waals surface area contributed by atoms with Gasteiger partial charge in [-0.3, -0.25) is 0 Å². The van der Waals surface area contributed by atoms with Gasteiger partial charge in [-0.25, -0.2) is 4.21 Å². The molecule has 1 N–H and O–H groups in total. The molecular formula is C4H10NaO2S. The minimum atomic E-state index is -1.61. The first-order valence-electron chi connectivity index (χ1n) is 2.28. The molecule has 0 aliphatic heterocycles. The van der Waals surface area contributed by atoms with Gasteiger partial charge in [0.2, 0.25) is 0 Å². The van der Waals surface area contributed by atoms with Gasteiger partial charge in [0, 0.05) is 29.6 Å². The van der Waals surface area contributed by atoms with E-state index in [1.807, 2.05) is 6.92 Å². The van der Waals surface area contributed by atoms with Gasteiger partial charge in [-0.15, -0.1) is 0 Å². The van der Waals surface area contributed by atoms with Crippen LogP contribution in [0.2, 0.25) is 0 Å². The second-order valence-electron chi connectivity index (χ2n) is 1.50. The Labute approximate surface area is 74.6 Å². The van der Waals surface area contributed by atoms with Gasteiger partial charge in [0.25, 0.3) is 0 Å². The first-order valence-corrected chi connectivity index (χ1v) is 3.45. The molecule has 1 radical (unpaired) electrons. The average Bonchev–Trinajstić information content (AvgIpc) is 1.65. The molecule has 0 aromatic rings. The van der Waals surface area contributed by atoms with Crippen LogP contribution in [0.25, 0.3) is 0 Å². The Bertz CT molecular complexity index is 76.4. The summed E-state index contributed by atoms with van der Waals surface area (Å²) in [7, 11) is 0. The van der Waals surface area contributed by atoms with Gasteiger partial charge < -0.3 is 4.55 Å². The summed E-state index contributed by atoms with van der Waals surface area (Å²) in [5.41, 5.74) is 0. The summed E-state index contributed by atoms with van der Waals surface area (Å²) < 4.78 is 18.3. The van der Waals surface area contributed by atoms with E-state index in [0.717, 1.165) is 6.42 Å². The Morgan fingerprint density at radius 2 is 2.12 bits per heavy atom. The Kier molecular flexibility index (Phi) is 9.24. The first kappa shape index (κ1) is 11.9. The minimum Gasteiger partial charge on any atom is -0.306 e. The van der Waals surface area contributed by atoms with Gasteiger partial charge >= 0.3 is 0 Å². The molecule has 8 heavy (non-hydrogen) atoms. The molecule has 2 unspecified atom stereocenters. The molecule has 0 aliphatic rings. The molecule has 4 heteroatoms. The SMILES string of the molecule is CCC(C)S(=O)O.[Na]. The maximum Gasteiger partial charge on any atom is 0.155 e. The van der Waals surface area contributed by atoms with Crippen LogP contribution in [0.4, 0.5) is 0 Å².